The van der Waals surface area contributed by atoms with Gasteiger partial charge in [-0.3, -0.25) is 4.39 Å². The molecule has 0 rings (SSSR count). The van der Waals surface area contributed by atoms with Gasteiger partial charge in [-0.25, -0.2) is 8.78 Å². The molecule has 0 bridgehead atoms. The Morgan fingerprint density at radius 1 is 1.22 bits per heavy atom. The quantitative estimate of drug-likeness (QED) is 0.528. The summed E-state index contributed by atoms with van der Waals surface area (Å²) in [6, 6.07) is 0.265. The van der Waals surface area contributed by atoms with Crippen molar-refractivity contribution in [3.05, 3.63) is 0 Å². The van der Waals surface area contributed by atoms with E-state index in [0.717, 1.165) is 0 Å². The molecule has 4 heteroatoms. The van der Waals surface area contributed by atoms with E-state index in [0.29, 0.717) is 10.2 Å². The summed E-state index contributed by atoms with van der Waals surface area (Å²) in [6.07, 6.45) is -3.29. The smallest absolute Gasteiger partial charge is 0.133 e. The molecular formula is C5H11F3Si. The first kappa shape index (κ1) is 9.01. The van der Waals surface area contributed by atoms with E-state index in [9.17, 15) is 13.2 Å². The van der Waals surface area contributed by atoms with Gasteiger partial charge in [-0.2, -0.15) is 0 Å². The summed E-state index contributed by atoms with van der Waals surface area (Å²) in [6.45, 7) is -0.761. The topological polar surface area (TPSA) is 0 Å². The molecule has 0 saturated carbocycles. The van der Waals surface area contributed by atoms with Crippen molar-refractivity contribution in [2.75, 3.05) is 6.67 Å². The van der Waals surface area contributed by atoms with Gasteiger partial charge in [0.25, 0.3) is 0 Å². The molecule has 0 radical (unpaired) electrons. The zero-order valence-corrected chi connectivity index (χ0v) is 7.41. The van der Waals surface area contributed by atoms with Gasteiger partial charge in [0.1, 0.15) is 12.3 Å². The Labute approximate surface area is 55.9 Å². The largest absolute Gasteiger partial charge is 0.251 e. The van der Waals surface area contributed by atoms with Crippen LogP contribution in [-0.2, 0) is 0 Å². The van der Waals surface area contributed by atoms with Gasteiger partial charge in [0.05, 0.1) is 6.67 Å². The third kappa shape index (κ3) is 3.56. The molecule has 0 aliphatic rings. The maximum absolute atomic E-state index is 12.2. The van der Waals surface area contributed by atoms with Gasteiger partial charge in [-0.1, -0.05) is 0 Å². The van der Waals surface area contributed by atoms with Crippen molar-refractivity contribution < 1.29 is 13.2 Å². The molecule has 0 aromatic rings. The predicted molar refractivity (Wildman–Crippen MR) is 35.1 cm³/mol. The fourth-order valence-electron chi connectivity index (χ4n) is 0.541. The molecule has 0 aromatic heterocycles. The highest BCUT2D eigenvalue weighted by atomic mass is 28.1. The van der Waals surface area contributed by atoms with Crippen LogP contribution >= 0.6 is 0 Å². The number of hydrogen-bond donors (Lipinski definition) is 0. The highest BCUT2D eigenvalue weighted by Gasteiger charge is 2.16. The molecule has 0 aliphatic heterocycles. The summed E-state index contributed by atoms with van der Waals surface area (Å²) in [4.78, 5) is 0. The van der Waals surface area contributed by atoms with Gasteiger partial charge in [0, 0.05) is 16.7 Å². The Balaban J connectivity index is 3.32. The SMILES string of the molecule is FCCC(F)C(F)C[SiH3]. The third-order valence-corrected chi connectivity index (χ3v) is 1.95. The average Bonchev–Trinajstić information content (AvgIpc) is 1.87. The average molecular weight is 156 g/mol. The summed E-state index contributed by atoms with van der Waals surface area (Å²) in [7, 11) is 0.640. The normalized spacial score (nSPS) is 17.7. The maximum Gasteiger partial charge on any atom is 0.133 e. The van der Waals surface area contributed by atoms with Crippen molar-refractivity contribution in [3.8, 4) is 0 Å². The van der Waals surface area contributed by atoms with Crippen LogP contribution in [0.25, 0.3) is 0 Å². The second-order valence-corrected chi connectivity index (χ2v) is 2.73. The molecular weight excluding hydrogens is 145 g/mol. The van der Waals surface area contributed by atoms with Crippen molar-refractivity contribution in [2.24, 2.45) is 0 Å². The van der Waals surface area contributed by atoms with Crippen LogP contribution in [0.5, 0.6) is 0 Å². The monoisotopic (exact) mass is 156 g/mol. The van der Waals surface area contributed by atoms with Gasteiger partial charge in [-0.05, 0) is 6.04 Å². The standard InChI is InChI=1S/C5H11F3Si/c6-2-1-4(7)5(8)3-9/h4-5H,1-3H2,9H3. The molecule has 56 valence electrons. The summed E-state index contributed by atoms with van der Waals surface area (Å²) < 4.78 is 35.8. The molecule has 9 heavy (non-hydrogen) atoms. The van der Waals surface area contributed by atoms with E-state index in [2.05, 4.69) is 0 Å². The molecule has 2 unspecified atom stereocenters. The number of halogens is 3. The highest BCUT2D eigenvalue weighted by molar-refractivity contribution is 6.08. The van der Waals surface area contributed by atoms with Crippen LogP contribution in [0.15, 0.2) is 0 Å². The van der Waals surface area contributed by atoms with E-state index in [1.54, 1.807) is 0 Å². The van der Waals surface area contributed by atoms with Crippen LogP contribution in [0.2, 0.25) is 6.04 Å². The van der Waals surface area contributed by atoms with E-state index in [1.165, 1.54) is 0 Å². The van der Waals surface area contributed by atoms with Crippen LogP contribution in [0.4, 0.5) is 13.2 Å². The van der Waals surface area contributed by atoms with Crippen molar-refractivity contribution in [1.29, 1.82) is 0 Å². The van der Waals surface area contributed by atoms with Crippen LogP contribution in [0.1, 0.15) is 6.42 Å². The lowest BCUT2D eigenvalue weighted by atomic mass is 10.2. The Kier molecular flexibility index (Phi) is 4.85. The second kappa shape index (κ2) is 4.85. The zero-order chi connectivity index (χ0) is 7.28. The van der Waals surface area contributed by atoms with Crippen molar-refractivity contribution in [2.45, 2.75) is 24.8 Å². The fourth-order valence-corrected chi connectivity index (χ4v) is 1.05. The van der Waals surface area contributed by atoms with Gasteiger partial charge in [0.15, 0.2) is 0 Å². The van der Waals surface area contributed by atoms with Crippen molar-refractivity contribution in [3.63, 3.8) is 0 Å². The summed E-state index contributed by atoms with van der Waals surface area (Å²) in [5.41, 5.74) is 0. The van der Waals surface area contributed by atoms with Gasteiger partial charge >= 0.3 is 0 Å². The molecule has 0 nitrogen and oxygen atoms in total. The van der Waals surface area contributed by atoms with E-state index in [4.69, 9.17) is 0 Å². The number of hydrogen-bond acceptors (Lipinski definition) is 0. The third-order valence-electron chi connectivity index (χ3n) is 1.17. The van der Waals surface area contributed by atoms with Crippen LogP contribution in [-0.4, -0.2) is 29.3 Å². The molecule has 0 fully saturated rings. The lowest BCUT2D eigenvalue weighted by Gasteiger charge is -2.07. The van der Waals surface area contributed by atoms with E-state index < -0.39 is 19.0 Å². The summed E-state index contributed by atoms with van der Waals surface area (Å²) >= 11 is 0. The molecule has 0 saturated heterocycles. The lowest BCUT2D eigenvalue weighted by Crippen LogP contribution is -2.16. The molecule has 0 heterocycles. The zero-order valence-electron chi connectivity index (χ0n) is 5.41. The molecule has 2 atom stereocenters. The van der Waals surface area contributed by atoms with E-state index >= 15 is 0 Å². The number of rotatable bonds is 4. The Hall–Kier alpha value is 0.00688. The molecule has 0 aliphatic carbocycles. The van der Waals surface area contributed by atoms with Crippen LogP contribution in [0, 0.1) is 0 Å². The van der Waals surface area contributed by atoms with Crippen LogP contribution in [0.3, 0.4) is 0 Å². The molecule has 0 amide bonds. The first-order chi connectivity index (χ1) is 4.22. The summed E-state index contributed by atoms with van der Waals surface area (Å²) in [5, 5.41) is 0. The van der Waals surface area contributed by atoms with Gasteiger partial charge < -0.3 is 0 Å². The van der Waals surface area contributed by atoms with E-state index in [1.807, 2.05) is 0 Å². The summed E-state index contributed by atoms with van der Waals surface area (Å²) in [5.74, 6) is 0. The van der Waals surface area contributed by atoms with Gasteiger partial charge in [0.2, 0.25) is 0 Å². The maximum atomic E-state index is 12.2. The molecule has 0 spiro atoms. The highest BCUT2D eigenvalue weighted by Crippen LogP contribution is 2.10. The van der Waals surface area contributed by atoms with Crippen LogP contribution < -0.4 is 0 Å². The number of alkyl halides is 3. The Morgan fingerprint density at radius 2 is 1.78 bits per heavy atom. The first-order valence-electron chi connectivity index (χ1n) is 3.06. The minimum Gasteiger partial charge on any atom is -0.251 e. The fraction of sp³-hybridized carbons (Fsp3) is 1.00. The predicted octanol–water partition coefficient (Wildman–Crippen LogP) is 0.806. The van der Waals surface area contributed by atoms with Crippen molar-refractivity contribution in [1.82, 2.24) is 0 Å². The first-order valence-corrected chi connectivity index (χ1v) is 4.47. The van der Waals surface area contributed by atoms with E-state index in [-0.39, 0.29) is 12.5 Å². The minimum absolute atomic E-state index is 0.265. The van der Waals surface area contributed by atoms with Crippen molar-refractivity contribution >= 4 is 10.2 Å². The minimum atomic E-state index is -1.58. The van der Waals surface area contributed by atoms with Gasteiger partial charge in [-0.15, -0.1) is 0 Å². The second-order valence-electron chi connectivity index (χ2n) is 1.92. The Bertz CT molecular complexity index is 69.2. The lowest BCUT2D eigenvalue weighted by molar-refractivity contribution is 0.163. The Morgan fingerprint density at radius 3 is 2.11 bits per heavy atom. The molecule has 0 N–H and O–H groups in total. The molecule has 0 aromatic carbocycles.